The summed E-state index contributed by atoms with van der Waals surface area (Å²) in [6, 6.07) is 0. The Labute approximate surface area is 176 Å². The summed E-state index contributed by atoms with van der Waals surface area (Å²) in [5.74, 6) is 0.944. The van der Waals surface area contributed by atoms with Crippen molar-refractivity contribution in [2.45, 2.75) is 161 Å². The average Bonchev–Trinajstić information content (AvgIpc) is 2.67. The third kappa shape index (κ3) is 15.0. The molecule has 0 aliphatic heterocycles. The zero-order valence-corrected chi connectivity index (χ0v) is 21.0. The molecule has 1 atom stereocenters. The van der Waals surface area contributed by atoms with Crippen LogP contribution in [0.1, 0.15) is 156 Å². The molecule has 0 spiro atoms. The summed E-state index contributed by atoms with van der Waals surface area (Å²) >= 11 is 0. The van der Waals surface area contributed by atoms with E-state index in [-0.39, 0.29) is 0 Å². The van der Waals surface area contributed by atoms with Crippen molar-refractivity contribution in [3.05, 3.63) is 0 Å². The van der Waals surface area contributed by atoms with E-state index in [9.17, 15) is 0 Å². The number of hydrogen-bond donors (Lipinski definition) is 0. The molecular weight excluding hydrogens is 343 g/mol. The van der Waals surface area contributed by atoms with Crippen LogP contribution in [0.5, 0.6) is 0 Å². The van der Waals surface area contributed by atoms with Crippen LogP contribution in [0.2, 0.25) is 0 Å². The van der Waals surface area contributed by atoms with Gasteiger partial charge >= 0.3 is 0 Å². The van der Waals surface area contributed by atoms with Crippen LogP contribution in [-0.2, 0) is 0 Å². The Morgan fingerprint density at radius 3 is 1.15 bits per heavy atom. The van der Waals surface area contributed by atoms with Gasteiger partial charge in [-0.3, -0.25) is 0 Å². The highest BCUT2D eigenvalue weighted by Gasteiger charge is 2.32. The van der Waals surface area contributed by atoms with E-state index < -0.39 is 0 Å². The van der Waals surface area contributed by atoms with Crippen LogP contribution in [0.25, 0.3) is 0 Å². The lowest BCUT2D eigenvalue weighted by Gasteiger charge is -2.39. The molecule has 0 rings (SSSR count). The maximum atomic E-state index is 3.45. The van der Waals surface area contributed by atoms with Gasteiger partial charge in [0.1, 0.15) is 0 Å². The highest BCUT2D eigenvalue weighted by atomic mass is 31.0. The van der Waals surface area contributed by atoms with E-state index in [1.807, 2.05) is 0 Å². The molecule has 0 aliphatic carbocycles. The minimum Gasteiger partial charge on any atom is -0.131 e. The first-order chi connectivity index (χ1) is 13.1. The quantitative estimate of drug-likeness (QED) is 0.133. The first kappa shape index (κ1) is 27.4. The molecule has 0 aromatic heterocycles. The van der Waals surface area contributed by atoms with E-state index in [0.717, 1.165) is 5.92 Å². The smallest absolute Gasteiger partial charge is 0.0122 e. The van der Waals surface area contributed by atoms with Gasteiger partial charge < -0.3 is 0 Å². The van der Waals surface area contributed by atoms with Gasteiger partial charge in [-0.05, 0) is 36.8 Å². The Balaban J connectivity index is 4.81. The molecular formula is C26H55P. The lowest BCUT2D eigenvalue weighted by Crippen LogP contribution is -2.32. The van der Waals surface area contributed by atoms with Gasteiger partial charge in [-0.1, -0.05) is 130 Å². The van der Waals surface area contributed by atoms with Crippen LogP contribution in [0, 0.1) is 5.92 Å². The van der Waals surface area contributed by atoms with Gasteiger partial charge in [0.05, 0.1) is 0 Å². The van der Waals surface area contributed by atoms with Crippen molar-refractivity contribution in [2.75, 3.05) is 0 Å². The molecule has 0 heterocycles. The average molecular weight is 399 g/mol. The highest BCUT2D eigenvalue weighted by molar-refractivity contribution is 7.19. The van der Waals surface area contributed by atoms with Gasteiger partial charge in [-0.15, -0.1) is 9.24 Å². The minimum absolute atomic E-state index is 0.528. The predicted octanol–water partition coefficient (Wildman–Crippen LogP) is 10.1. The number of hydrogen-bond acceptors (Lipinski definition) is 0. The van der Waals surface area contributed by atoms with Gasteiger partial charge in [-0.2, -0.15) is 0 Å². The second-order valence-corrected chi connectivity index (χ2v) is 10.4. The van der Waals surface area contributed by atoms with Crippen LogP contribution in [0.15, 0.2) is 0 Å². The highest BCUT2D eigenvalue weighted by Crippen LogP contribution is 2.44. The molecule has 0 bridgehead atoms. The molecule has 0 nitrogen and oxygen atoms in total. The van der Waals surface area contributed by atoms with E-state index in [2.05, 4.69) is 36.9 Å². The summed E-state index contributed by atoms with van der Waals surface area (Å²) in [4.78, 5) is 0. The first-order valence-corrected chi connectivity index (χ1v) is 13.5. The SMILES string of the molecule is CCCCCCC(CCCCCC)C(P)(CCCCCC)CCCCCC. The van der Waals surface area contributed by atoms with E-state index in [0.29, 0.717) is 5.16 Å². The Morgan fingerprint density at radius 2 is 0.815 bits per heavy atom. The zero-order valence-electron chi connectivity index (χ0n) is 19.8. The third-order valence-corrected chi connectivity index (χ3v) is 7.67. The van der Waals surface area contributed by atoms with Crippen molar-refractivity contribution in [3.8, 4) is 0 Å². The van der Waals surface area contributed by atoms with Crippen LogP contribution < -0.4 is 0 Å². The molecule has 0 radical (unpaired) electrons. The molecule has 0 fully saturated rings. The van der Waals surface area contributed by atoms with E-state index in [4.69, 9.17) is 0 Å². The normalized spacial score (nSPS) is 12.2. The maximum Gasteiger partial charge on any atom is -0.0122 e. The second kappa shape index (κ2) is 19.7. The van der Waals surface area contributed by atoms with E-state index in [1.165, 1.54) is 128 Å². The molecule has 0 aromatic rings. The van der Waals surface area contributed by atoms with Crippen molar-refractivity contribution in [1.82, 2.24) is 0 Å². The Hall–Kier alpha value is 0.430. The maximum absolute atomic E-state index is 3.45. The van der Waals surface area contributed by atoms with E-state index >= 15 is 0 Å². The van der Waals surface area contributed by atoms with Gasteiger partial charge in [0.2, 0.25) is 0 Å². The van der Waals surface area contributed by atoms with E-state index in [1.54, 1.807) is 0 Å². The largest absolute Gasteiger partial charge is 0.131 e. The summed E-state index contributed by atoms with van der Waals surface area (Å²) in [6.45, 7) is 9.35. The van der Waals surface area contributed by atoms with Gasteiger partial charge in [0.15, 0.2) is 0 Å². The summed E-state index contributed by atoms with van der Waals surface area (Å²) < 4.78 is 0. The fourth-order valence-electron chi connectivity index (χ4n) is 4.65. The summed E-state index contributed by atoms with van der Waals surface area (Å²) in [5, 5.41) is 0.528. The lowest BCUT2D eigenvalue weighted by atomic mass is 9.77. The monoisotopic (exact) mass is 398 g/mol. The number of unbranched alkanes of at least 4 members (excludes halogenated alkanes) is 12. The Bertz CT molecular complexity index is 262. The topological polar surface area (TPSA) is 0 Å². The summed E-state index contributed by atoms with van der Waals surface area (Å²) in [7, 11) is 3.45. The summed E-state index contributed by atoms with van der Waals surface area (Å²) in [5.41, 5.74) is 0. The molecule has 0 N–H and O–H groups in total. The Kier molecular flexibility index (Phi) is 20.0. The Morgan fingerprint density at radius 1 is 0.481 bits per heavy atom. The molecule has 164 valence electrons. The zero-order chi connectivity index (χ0) is 20.2. The van der Waals surface area contributed by atoms with Crippen molar-refractivity contribution < 1.29 is 0 Å². The predicted molar refractivity (Wildman–Crippen MR) is 131 cm³/mol. The van der Waals surface area contributed by atoms with Crippen LogP contribution in [0.3, 0.4) is 0 Å². The van der Waals surface area contributed by atoms with Crippen molar-refractivity contribution in [3.63, 3.8) is 0 Å². The number of rotatable bonds is 21. The van der Waals surface area contributed by atoms with Gasteiger partial charge in [-0.25, -0.2) is 0 Å². The standard InChI is InChI=1S/C26H55P/c1-5-9-13-17-21-25(22-18-14-10-6-2)26(27,23-19-15-11-7-3)24-20-16-12-8-4/h25H,5-24,27H2,1-4H3. The molecule has 1 heteroatoms. The first-order valence-electron chi connectivity index (χ1n) is 12.9. The summed E-state index contributed by atoms with van der Waals surface area (Å²) in [6.07, 6.45) is 28.7. The molecule has 0 aliphatic rings. The van der Waals surface area contributed by atoms with Crippen molar-refractivity contribution in [2.24, 2.45) is 5.92 Å². The second-order valence-electron chi connectivity index (χ2n) is 9.25. The molecule has 0 amide bonds. The molecule has 0 saturated carbocycles. The molecule has 27 heavy (non-hydrogen) atoms. The molecule has 0 saturated heterocycles. The lowest BCUT2D eigenvalue weighted by molar-refractivity contribution is 0.270. The fraction of sp³-hybridized carbons (Fsp3) is 1.00. The minimum atomic E-state index is 0.528. The van der Waals surface area contributed by atoms with Gasteiger partial charge in [0, 0.05) is 0 Å². The van der Waals surface area contributed by atoms with Crippen LogP contribution >= 0.6 is 9.24 Å². The van der Waals surface area contributed by atoms with Crippen LogP contribution in [0.4, 0.5) is 0 Å². The van der Waals surface area contributed by atoms with Crippen molar-refractivity contribution in [1.29, 1.82) is 0 Å². The fourth-order valence-corrected chi connectivity index (χ4v) is 5.39. The van der Waals surface area contributed by atoms with Crippen LogP contribution in [-0.4, -0.2) is 5.16 Å². The van der Waals surface area contributed by atoms with Gasteiger partial charge in [0.25, 0.3) is 0 Å². The van der Waals surface area contributed by atoms with Crippen molar-refractivity contribution >= 4 is 9.24 Å². The molecule has 0 aromatic carbocycles. The third-order valence-electron chi connectivity index (χ3n) is 6.62. The molecule has 1 unspecified atom stereocenters.